The van der Waals surface area contributed by atoms with Gasteiger partial charge in [-0.05, 0) is 18.2 Å². The Kier molecular flexibility index (Phi) is 3.05. The van der Waals surface area contributed by atoms with Gasteiger partial charge in [0.1, 0.15) is 5.82 Å². The molecule has 0 atom stereocenters. The number of hydrogen-bond donors (Lipinski definition) is 2. The minimum Gasteiger partial charge on any atom is -0.382 e. The minimum absolute atomic E-state index is 0.531. The lowest BCUT2D eigenvalue weighted by atomic mass is 10.3. The summed E-state index contributed by atoms with van der Waals surface area (Å²) in [6, 6.07) is 5.79. The van der Waals surface area contributed by atoms with Crippen LogP contribution in [0, 0.1) is 0 Å². The summed E-state index contributed by atoms with van der Waals surface area (Å²) in [4.78, 5) is 4.00. The Bertz CT molecular complexity index is 463. The molecule has 2 rings (SSSR count). The highest BCUT2D eigenvalue weighted by molar-refractivity contribution is 5.60. The lowest BCUT2D eigenvalue weighted by Crippen LogP contribution is -2.08. The Labute approximate surface area is 94.3 Å². The number of pyridine rings is 1. The molecule has 0 aliphatic heterocycles. The van der Waals surface area contributed by atoms with E-state index in [1.165, 1.54) is 0 Å². The Balaban J connectivity index is 1.87. The van der Waals surface area contributed by atoms with E-state index in [0.29, 0.717) is 5.82 Å². The van der Waals surface area contributed by atoms with Crippen LogP contribution in [0.3, 0.4) is 0 Å². The third-order valence-electron chi connectivity index (χ3n) is 2.30. The van der Waals surface area contributed by atoms with Gasteiger partial charge in [0.2, 0.25) is 0 Å². The van der Waals surface area contributed by atoms with E-state index >= 15 is 0 Å². The first-order valence-corrected chi connectivity index (χ1v) is 5.18. The molecular formula is C11H15N5. The summed E-state index contributed by atoms with van der Waals surface area (Å²) in [5, 5.41) is 7.53. The molecule has 5 heteroatoms. The first kappa shape index (κ1) is 10.5. The van der Waals surface area contributed by atoms with Crippen LogP contribution >= 0.6 is 0 Å². The van der Waals surface area contributed by atoms with E-state index < -0.39 is 0 Å². The van der Waals surface area contributed by atoms with Crippen molar-refractivity contribution in [2.24, 2.45) is 7.05 Å². The summed E-state index contributed by atoms with van der Waals surface area (Å²) >= 11 is 0. The predicted molar refractivity (Wildman–Crippen MR) is 64.1 cm³/mol. The third kappa shape index (κ3) is 2.50. The fraction of sp³-hybridized carbons (Fsp3) is 0.273. The zero-order valence-corrected chi connectivity index (χ0v) is 9.22. The van der Waals surface area contributed by atoms with E-state index in [1.807, 2.05) is 31.4 Å². The molecule has 84 valence electrons. The van der Waals surface area contributed by atoms with Gasteiger partial charge in [-0.2, -0.15) is 5.10 Å². The van der Waals surface area contributed by atoms with Crippen LogP contribution < -0.4 is 11.1 Å². The van der Waals surface area contributed by atoms with Crippen LogP contribution in [0.25, 0.3) is 0 Å². The van der Waals surface area contributed by atoms with E-state index in [9.17, 15) is 0 Å². The number of anilines is 2. The SMILES string of the molecule is Cn1ccc(CCNc2cccnc2N)n1. The number of nitrogens with zero attached hydrogens (tertiary/aromatic N) is 3. The average Bonchev–Trinajstić information content (AvgIpc) is 2.67. The number of aromatic nitrogens is 3. The second-order valence-corrected chi connectivity index (χ2v) is 3.59. The number of aryl methyl sites for hydroxylation is 1. The first-order valence-electron chi connectivity index (χ1n) is 5.18. The molecule has 0 fully saturated rings. The molecule has 5 nitrogen and oxygen atoms in total. The first-order chi connectivity index (χ1) is 7.75. The fourth-order valence-electron chi connectivity index (χ4n) is 1.49. The van der Waals surface area contributed by atoms with Gasteiger partial charge in [0.25, 0.3) is 0 Å². The van der Waals surface area contributed by atoms with Crippen LogP contribution in [-0.4, -0.2) is 21.3 Å². The van der Waals surface area contributed by atoms with E-state index in [2.05, 4.69) is 15.4 Å². The second-order valence-electron chi connectivity index (χ2n) is 3.59. The number of hydrogen-bond acceptors (Lipinski definition) is 4. The lowest BCUT2D eigenvalue weighted by Gasteiger charge is -2.06. The summed E-state index contributed by atoms with van der Waals surface area (Å²) < 4.78 is 1.80. The summed E-state index contributed by atoms with van der Waals surface area (Å²) in [6.07, 6.45) is 4.49. The molecule has 0 saturated heterocycles. The smallest absolute Gasteiger partial charge is 0.146 e. The standard InChI is InChI=1S/C11H15N5/c1-16-8-5-9(15-16)4-7-13-10-3-2-6-14-11(10)12/h2-3,5-6,8,13H,4,7H2,1H3,(H2,12,14). The van der Waals surface area contributed by atoms with Crippen molar-refractivity contribution in [1.82, 2.24) is 14.8 Å². The zero-order valence-electron chi connectivity index (χ0n) is 9.22. The molecule has 0 saturated carbocycles. The van der Waals surface area contributed by atoms with Crippen LogP contribution in [0.1, 0.15) is 5.69 Å². The highest BCUT2D eigenvalue weighted by Gasteiger charge is 1.99. The quantitative estimate of drug-likeness (QED) is 0.803. The predicted octanol–water partition coefficient (Wildman–Crippen LogP) is 1.05. The summed E-state index contributed by atoms with van der Waals surface area (Å²) in [5.74, 6) is 0.531. The van der Waals surface area contributed by atoms with E-state index in [1.54, 1.807) is 10.9 Å². The summed E-state index contributed by atoms with van der Waals surface area (Å²) in [7, 11) is 1.91. The number of nitrogens with one attached hydrogen (secondary N) is 1. The van der Waals surface area contributed by atoms with Gasteiger partial charge in [-0.1, -0.05) is 0 Å². The van der Waals surface area contributed by atoms with Gasteiger partial charge in [0, 0.05) is 32.4 Å². The molecular weight excluding hydrogens is 202 g/mol. The topological polar surface area (TPSA) is 68.8 Å². The number of rotatable bonds is 4. The molecule has 3 N–H and O–H groups in total. The molecule has 0 aliphatic rings. The maximum atomic E-state index is 5.71. The van der Waals surface area contributed by atoms with Gasteiger partial charge >= 0.3 is 0 Å². The van der Waals surface area contributed by atoms with Gasteiger partial charge in [0.05, 0.1) is 11.4 Å². The second kappa shape index (κ2) is 4.65. The van der Waals surface area contributed by atoms with Gasteiger partial charge in [-0.25, -0.2) is 4.98 Å². The largest absolute Gasteiger partial charge is 0.382 e. The Hall–Kier alpha value is -2.04. The average molecular weight is 217 g/mol. The van der Waals surface area contributed by atoms with Gasteiger partial charge in [-0.15, -0.1) is 0 Å². The molecule has 0 aliphatic carbocycles. The molecule has 16 heavy (non-hydrogen) atoms. The van der Waals surface area contributed by atoms with Crippen molar-refractivity contribution in [2.75, 3.05) is 17.6 Å². The highest BCUT2D eigenvalue weighted by atomic mass is 15.2. The van der Waals surface area contributed by atoms with Gasteiger partial charge < -0.3 is 11.1 Å². The van der Waals surface area contributed by atoms with Crippen molar-refractivity contribution in [3.05, 3.63) is 36.3 Å². The third-order valence-corrected chi connectivity index (χ3v) is 2.30. The zero-order chi connectivity index (χ0) is 11.4. The lowest BCUT2D eigenvalue weighted by molar-refractivity contribution is 0.742. The van der Waals surface area contributed by atoms with Crippen LogP contribution in [0.2, 0.25) is 0 Å². The molecule has 2 aromatic rings. The van der Waals surface area contributed by atoms with Crippen molar-refractivity contribution >= 4 is 11.5 Å². The highest BCUT2D eigenvalue weighted by Crippen LogP contribution is 2.13. The number of nitrogen functional groups attached to an aromatic ring is 1. The monoisotopic (exact) mass is 217 g/mol. The molecule has 0 bridgehead atoms. The molecule has 2 heterocycles. The van der Waals surface area contributed by atoms with Crippen LogP contribution in [-0.2, 0) is 13.5 Å². The molecule has 0 unspecified atom stereocenters. The summed E-state index contributed by atoms with van der Waals surface area (Å²) in [5.41, 5.74) is 7.65. The van der Waals surface area contributed by atoms with Crippen molar-refractivity contribution in [2.45, 2.75) is 6.42 Å². The Morgan fingerprint density at radius 1 is 1.44 bits per heavy atom. The number of nitrogens with two attached hydrogens (primary N) is 1. The van der Waals surface area contributed by atoms with Crippen LogP contribution in [0.15, 0.2) is 30.6 Å². The van der Waals surface area contributed by atoms with E-state index in [4.69, 9.17) is 5.73 Å². The van der Waals surface area contributed by atoms with E-state index in [-0.39, 0.29) is 0 Å². The van der Waals surface area contributed by atoms with Crippen LogP contribution in [0.4, 0.5) is 11.5 Å². The van der Waals surface area contributed by atoms with Gasteiger partial charge in [-0.3, -0.25) is 4.68 Å². The molecule has 0 spiro atoms. The van der Waals surface area contributed by atoms with E-state index in [0.717, 1.165) is 24.3 Å². The molecule has 0 amide bonds. The van der Waals surface area contributed by atoms with Crippen molar-refractivity contribution in [3.8, 4) is 0 Å². The Morgan fingerprint density at radius 3 is 3.00 bits per heavy atom. The molecule has 0 radical (unpaired) electrons. The van der Waals surface area contributed by atoms with Crippen LogP contribution in [0.5, 0.6) is 0 Å². The van der Waals surface area contributed by atoms with Crippen molar-refractivity contribution in [3.63, 3.8) is 0 Å². The van der Waals surface area contributed by atoms with Gasteiger partial charge in [0.15, 0.2) is 0 Å². The molecule has 2 aromatic heterocycles. The molecule has 0 aromatic carbocycles. The minimum atomic E-state index is 0.531. The van der Waals surface area contributed by atoms with Crippen molar-refractivity contribution < 1.29 is 0 Å². The summed E-state index contributed by atoms with van der Waals surface area (Å²) in [6.45, 7) is 0.799. The van der Waals surface area contributed by atoms with Crippen molar-refractivity contribution in [1.29, 1.82) is 0 Å². The Morgan fingerprint density at radius 2 is 2.31 bits per heavy atom. The fourth-order valence-corrected chi connectivity index (χ4v) is 1.49. The maximum Gasteiger partial charge on any atom is 0.146 e. The normalized spacial score (nSPS) is 10.3. The maximum absolute atomic E-state index is 5.71.